The van der Waals surface area contributed by atoms with E-state index in [2.05, 4.69) is 12.2 Å². The van der Waals surface area contributed by atoms with Gasteiger partial charge in [-0.2, -0.15) is 0 Å². The number of carbonyl (C=O) groups excluding carboxylic acids is 2. The van der Waals surface area contributed by atoms with Crippen LogP contribution in [-0.4, -0.2) is 51.6 Å². The van der Waals surface area contributed by atoms with Gasteiger partial charge >= 0.3 is 12.1 Å². The minimum absolute atomic E-state index is 0.161. The van der Waals surface area contributed by atoms with Crippen LogP contribution in [0.3, 0.4) is 0 Å². The monoisotopic (exact) mass is 409 g/mol. The third kappa shape index (κ3) is 15.5. The first-order chi connectivity index (χ1) is 14.2. The van der Waals surface area contributed by atoms with Gasteiger partial charge in [-0.3, -0.25) is 4.79 Å². The maximum absolute atomic E-state index is 11.5. The number of benzene rings is 1. The van der Waals surface area contributed by atoms with Crippen LogP contribution in [0.5, 0.6) is 0 Å². The van der Waals surface area contributed by atoms with Crippen LogP contribution in [0.4, 0.5) is 4.79 Å². The highest BCUT2D eigenvalue weighted by atomic mass is 16.6. The Bertz CT molecular complexity index is 537. The van der Waals surface area contributed by atoms with Gasteiger partial charge in [-0.25, -0.2) is 4.79 Å². The van der Waals surface area contributed by atoms with E-state index in [-0.39, 0.29) is 19.2 Å². The number of amides is 1. The predicted octanol–water partition coefficient (Wildman–Crippen LogP) is 3.85. The van der Waals surface area contributed by atoms with Crippen molar-refractivity contribution in [3.05, 3.63) is 35.9 Å². The summed E-state index contributed by atoms with van der Waals surface area (Å²) in [5.41, 5.74) is 0.939. The molecule has 1 aromatic rings. The molecular formula is C22H35NO6. The molecule has 0 radical (unpaired) electrons. The fraction of sp³-hybridized carbons (Fsp3) is 0.636. The molecule has 1 aromatic carbocycles. The quantitative estimate of drug-likeness (QED) is 0.311. The Morgan fingerprint density at radius 1 is 0.828 bits per heavy atom. The molecule has 7 nitrogen and oxygen atoms in total. The van der Waals surface area contributed by atoms with Crippen molar-refractivity contribution in [3.63, 3.8) is 0 Å². The molecule has 164 valence electrons. The van der Waals surface area contributed by atoms with Crippen molar-refractivity contribution >= 4 is 12.1 Å². The third-order valence-electron chi connectivity index (χ3n) is 4.08. The van der Waals surface area contributed by atoms with Gasteiger partial charge in [0.25, 0.3) is 0 Å². The molecule has 0 saturated carbocycles. The molecule has 0 unspecified atom stereocenters. The number of esters is 1. The van der Waals surface area contributed by atoms with Crippen molar-refractivity contribution in [1.82, 2.24) is 5.32 Å². The number of ether oxygens (including phenoxy) is 4. The summed E-state index contributed by atoms with van der Waals surface area (Å²) in [4.78, 5) is 23.1. The van der Waals surface area contributed by atoms with Gasteiger partial charge in [0.1, 0.15) is 13.2 Å². The van der Waals surface area contributed by atoms with Crippen LogP contribution < -0.4 is 5.32 Å². The third-order valence-corrected chi connectivity index (χ3v) is 4.08. The molecular weight excluding hydrogens is 374 g/mol. The molecule has 7 heteroatoms. The smallest absolute Gasteiger partial charge is 0.407 e. The van der Waals surface area contributed by atoms with Gasteiger partial charge in [0, 0.05) is 13.0 Å². The molecule has 0 aromatic heterocycles. The summed E-state index contributed by atoms with van der Waals surface area (Å²) in [6, 6.07) is 9.49. The Morgan fingerprint density at radius 2 is 1.52 bits per heavy atom. The van der Waals surface area contributed by atoms with Gasteiger partial charge in [0.15, 0.2) is 0 Å². The molecule has 0 spiro atoms. The molecule has 0 saturated heterocycles. The molecule has 0 aliphatic rings. The van der Waals surface area contributed by atoms with Crippen molar-refractivity contribution in [1.29, 1.82) is 0 Å². The average Bonchev–Trinajstić information content (AvgIpc) is 2.74. The van der Waals surface area contributed by atoms with Crippen LogP contribution in [-0.2, 0) is 30.3 Å². The fourth-order valence-electron chi connectivity index (χ4n) is 2.48. The lowest BCUT2D eigenvalue weighted by atomic mass is 10.1. The van der Waals surface area contributed by atoms with E-state index in [9.17, 15) is 9.59 Å². The van der Waals surface area contributed by atoms with E-state index < -0.39 is 6.09 Å². The van der Waals surface area contributed by atoms with E-state index in [0.717, 1.165) is 18.4 Å². The highest BCUT2D eigenvalue weighted by Crippen LogP contribution is 2.05. The van der Waals surface area contributed by atoms with E-state index >= 15 is 0 Å². The second-order valence-corrected chi connectivity index (χ2v) is 6.60. The number of unbranched alkanes of at least 4 members (excludes halogenated alkanes) is 4. The molecule has 1 rings (SSSR count). The number of hydrogen-bond donors (Lipinski definition) is 1. The van der Waals surface area contributed by atoms with E-state index in [1.807, 2.05) is 30.3 Å². The Morgan fingerprint density at radius 3 is 2.28 bits per heavy atom. The molecule has 0 heterocycles. The maximum atomic E-state index is 11.5. The van der Waals surface area contributed by atoms with E-state index in [1.54, 1.807) is 0 Å². The summed E-state index contributed by atoms with van der Waals surface area (Å²) in [7, 11) is 0. The summed E-state index contributed by atoms with van der Waals surface area (Å²) < 4.78 is 20.9. The van der Waals surface area contributed by atoms with E-state index in [0.29, 0.717) is 39.4 Å². The maximum Gasteiger partial charge on any atom is 0.407 e. The first-order valence-electron chi connectivity index (χ1n) is 10.5. The molecule has 0 atom stereocenters. The van der Waals surface area contributed by atoms with Gasteiger partial charge in [-0.15, -0.1) is 0 Å². The SMILES string of the molecule is CCCCCCCC(=O)OCCOCCOCCNC(=O)OCc1ccccc1. The Labute approximate surface area is 174 Å². The fourth-order valence-corrected chi connectivity index (χ4v) is 2.48. The lowest BCUT2D eigenvalue weighted by Crippen LogP contribution is -2.28. The topological polar surface area (TPSA) is 83.1 Å². The molecule has 0 aliphatic carbocycles. The summed E-state index contributed by atoms with van der Waals surface area (Å²) in [6.07, 6.45) is 5.58. The van der Waals surface area contributed by atoms with Gasteiger partial charge in [0.2, 0.25) is 0 Å². The Balaban J connectivity index is 1.81. The van der Waals surface area contributed by atoms with Crippen LogP contribution in [0.25, 0.3) is 0 Å². The second kappa shape index (κ2) is 17.9. The summed E-state index contributed by atoms with van der Waals surface area (Å²) in [5.74, 6) is -0.161. The molecule has 29 heavy (non-hydrogen) atoms. The number of rotatable bonds is 17. The molecule has 0 fully saturated rings. The highest BCUT2D eigenvalue weighted by molar-refractivity contribution is 5.69. The lowest BCUT2D eigenvalue weighted by molar-refractivity contribution is -0.145. The van der Waals surface area contributed by atoms with Crippen LogP contribution in [0.1, 0.15) is 51.0 Å². The van der Waals surface area contributed by atoms with Crippen LogP contribution in [0, 0.1) is 0 Å². The summed E-state index contributed by atoms with van der Waals surface area (Å²) >= 11 is 0. The van der Waals surface area contributed by atoms with Crippen molar-refractivity contribution in [2.45, 2.75) is 52.1 Å². The zero-order chi connectivity index (χ0) is 21.0. The van der Waals surface area contributed by atoms with E-state index in [4.69, 9.17) is 18.9 Å². The van der Waals surface area contributed by atoms with Gasteiger partial charge in [-0.1, -0.05) is 62.9 Å². The highest BCUT2D eigenvalue weighted by Gasteiger charge is 2.03. The lowest BCUT2D eigenvalue weighted by Gasteiger charge is -2.08. The van der Waals surface area contributed by atoms with E-state index in [1.165, 1.54) is 19.3 Å². The zero-order valence-electron chi connectivity index (χ0n) is 17.5. The van der Waals surface area contributed by atoms with Gasteiger partial charge in [0.05, 0.1) is 26.4 Å². The second-order valence-electron chi connectivity index (χ2n) is 6.60. The number of carbonyl (C=O) groups is 2. The normalized spacial score (nSPS) is 10.5. The standard InChI is InChI=1S/C22H35NO6/c1-2-3-4-5-9-12-21(24)28-18-17-27-16-15-26-14-13-23-22(25)29-19-20-10-7-6-8-11-20/h6-8,10-11H,2-5,9,12-19H2,1H3,(H,23,25). The van der Waals surface area contributed by atoms with Crippen LogP contribution >= 0.6 is 0 Å². The minimum Gasteiger partial charge on any atom is -0.463 e. The first kappa shape index (κ1) is 24.9. The summed E-state index contributed by atoms with van der Waals surface area (Å²) in [6.45, 7) is 4.59. The predicted molar refractivity (Wildman–Crippen MR) is 111 cm³/mol. The average molecular weight is 410 g/mol. The minimum atomic E-state index is -0.471. The first-order valence-corrected chi connectivity index (χ1v) is 10.5. The van der Waals surface area contributed by atoms with Crippen LogP contribution in [0.15, 0.2) is 30.3 Å². The van der Waals surface area contributed by atoms with Crippen LogP contribution in [0.2, 0.25) is 0 Å². The number of hydrogen-bond acceptors (Lipinski definition) is 6. The molecule has 0 bridgehead atoms. The van der Waals surface area contributed by atoms with Gasteiger partial charge in [-0.05, 0) is 12.0 Å². The summed E-state index contributed by atoms with van der Waals surface area (Å²) in [5, 5.41) is 2.62. The Hall–Kier alpha value is -2.12. The number of alkyl carbamates (subject to hydrolysis) is 1. The van der Waals surface area contributed by atoms with Gasteiger partial charge < -0.3 is 24.3 Å². The van der Waals surface area contributed by atoms with Crippen molar-refractivity contribution in [2.75, 3.05) is 39.6 Å². The van der Waals surface area contributed by atoms with Crippen molar-refractivity contribution in [3.8, 4) is 0 Å². The molecule has 0 aliphatic heterocycles. The molecule has 1 N–H and O–H groups in total. The Kier molecular flexibility index (Phi) is 15.4. The molecule has 1 amide bonds. The largest absolute Gasteiger partial charge is 0.463 e. The van der Waals surface area contributed by atoms with Crippen molar-refractivity contribution < 1.29 is 28.5 Å². The number of nitrogens with one attached hydrogen (secondary N) is 1. The zero-order valence-corrected chi connectivity index (χ0v) is 17.5. The van der Waals surface area contributed by atoms with Crippen molar-refractivity contribution in [2.24, 2.45) is 0 Å².